The fraction of sp³-hybridized carbons (Fsp3) is 0.182. The van der Waals surface area contributed by atoms with Gasteiger partial charge in [-0.2, -0.15) is 0 Å². The van der Waals surface area contributed by atoms with Crippen LogP contribution in [0.2, 0.25) is 0 Å². The Bertz CT molecular complexity index is 978. The summed E-state index contributed by atoms with van der Waals surface area (Å²) >= 11 is 3.41. The lowest BCUT2D eigenvalue weighted by molar-refractivity contribution is -0.132. The number of benzene rings is 2. The van der Waals surface area contributed by atoms with Crippen LogP contribution in [0.5, 0.6) is 5.75 Å². The third kappa shape index (κ3) is 5.10. The van der Waals surface area contributed by atoms with Crippen LogP contribution in [0.4, 0.5) is 0 Å². The monoisotopic (exact) mass is 441 g/mol. The predicted octanol–water partition coefficient (Wildman–Crippen LogP) is 4.95. The third-order valence-corrected chi connectivity index (χ3v) is 4.74. The van der Waals surface area contributed by atoms with Gasteiger partial charge in [0.2, 0.25) is 0 Å². The van der Waals surface area contributed by atoms with Crippen molar-refractivity contribution in [3.63, 3.8) is 0 Å². The van der Waals surface area contributed by atoms with Gasteiger partial charge < -0.3 is 14.1 Å². The Morgan fingerprint density at radius 1 is 1.07 bits per heavy atom. The molecule has 3 rings (SSSR count). The largest absolute Gasteiger partial charge is 0.484 e. The number of carbonyl (C=O) groups is 2. The van der Waals surface area contributed by atoms with Gasteiger partial charge in [0.15, 0.2) is 12.4 Å². The van der Waals surface area contributed by atoms with Gasteiger partial charge in [0.1, 0.15) is 17.3 Å². The molecule has 0 aliphatic rings. The summed E-state index contributed by atoms with van der Waals surface area (Å²) in [6.45, 7) is 1.72. The number of hydrogen-bond acceptors (Lipinski definition) is 4. The van der Waals surface area contributed by atoms with Crippen molar-refractivity contribution in [3.8, 4) is 17.1 Å². The molecule has 1 aromatic heterocycles. The number of furan rings is 1. The second kappa shape index (κ2) is 8.89. The quantitative estimate of drug-likeness (QED) is 0.486. The number of likely N-dealkylation sites (N-methyl/N-ethyl adjacent to an activating group) is 1. The lowest BCUT2D eigenvalue weighted by Crippen LogP contribution is -2.30. The van der Waals surface area contributed by atoms with E-state index in [1.807, 2.05) is 36.4 Å². The molecule has 0 aliphatic carbocycles. The highest BCUT2D eigenvalue weighted by molar-refractivity contribution is 9.10. The zero-order valence-corrected chi connectivity index (χ0v) is 17.2. The average molecular weight is 442 g/mol. The molecule has 0 saturated heterocycles. The first-order valence-electron chi connectivity index (χ1n) is 8.75. The molecule has 144 valence electrons. The second-order valence-corrected chi connectivity index (χ2v) is 7.31. The summed E-state index contributed by atoms with van der Waals surface area (Å²) in [6.07, 6.45) is 0. The van der Waals surface area contributed by atoms with Gasteiger partial charge in [-0.1, -0.05) is 40.2 Å². The van der Waals surface area contributed by atoms with Gasteiger partial charge in [-0.15, -0.1) is 0 Å². The van der Waals surface area contributed by atoms with E-state index in [4.69, 9.17) is 9.15 Å². The van der Waals surface area contributed by atoms with Crippen LogP contribution in [0.3, 0.4) is 0 Å². The van der Waals surface area contributed by atoms with Gasteiger partial charge in [-0.05, 0) is 43.3 Å². The van der Waals surface area contributed by atoms with E-state index >= 15 is 0 Å². The van der Waals surface area contributed by atoms with Crippen molar-refractivity contribution < 1.29 is 18.7 Å². The first-order chi connectivity index (χ1) is 13.4. The van der Waals surface area contributed by atoms with Crippen LogP contribution in [0, 0.1) is 0 Å². The first-order valence-corrected chi connectivity index (χ1v) is 9.54. The van der Waals surface area contributed by atoms with Crippen LogP contribution in [-0.4, -0.2) is 30.2 Å². The van der Waals surface area contributed by atoms with Crippen LogP contribution in [0.1, 0.15) is 23.0 Å². The highest BCUT2D eigenvalue weighted by Gasteiger charge is 2.13. The van der Waals surface area contributed by atoms with Crippen molar-refractivity contribution in [3.05, 3.63) is 76.5 Å². The summed E-state index contributed by atoms with van der Waals surface area (Å²) in [5.41, 5.74) is 1.52. The van der Waals surface area contributed by atoms with E-state index in [1.54, 1.807) is 36.2 Å². The predicted molar refractivity (Wildman–Crippen MR) is 110 cm³/mol. The van der Waals surface area contributed by atoms with E-state index in [-0.39, 0.29) is 18.3 Å². The van der Waals surface area contributed by atoms with E-state index < -0.39 is 0 Å². The number of carbonyl (C=O) groups excluding carboxylic acids is 2. The SMILES string of the molecule is CC(=O)c1cccc(OCC(=O)N(C)Cc2ccc(-c3ccc(Br)cc3)o2)c1. The van der Waals surface area contributed by atoms with Gasteiger partial charge in [0.05, 0.1) is 6.54 Å². The molecule has 0 unspecified atom stereocenters. The van der Waals surface area contributed by atoms with E-state index in [0.717, 1.165) is 15.8 Å². The summed E-state index contributed by atoms with van der Waals surface area (Å²) in [5.74, 6) is 1.70. The average Bonchev–Trinajstić information content (AvgIpc) is 3.15. The maximum atomic E-state index is 12.3. The van der Waals surface area contributed by atoms with Gasteiger partial charge in [-0.3, -0.25) is 9.59 Å². The van der Waals surface area contributed by atoms with Crippen molar-refractivity contribution in [1.82, 2.24) is 4.90 Å². The van der Waals surface area contributed by atoms with E-state index in [1.165, 1.54) is 6.92 Å². The van der Waals surface area contributed by atoms with Crippen molar-refractivity contribution in [2.75, 3.05) is 13.7 Å². The maximum Gasteiger partial charge on any atom is 0.260 e. The topological polar surface area (TPSA) is 59.8 Å². The molecular weight excluding hydrogens is 422 g/mol. The number of rotatable bonds is 7. The number of Topliss-reactive ketones (excluding diaryl/α,β-unsaturated/α-hetero) is 1. The Balaban J connectivity index is 1.56. The summed E-state index contributed by atoms with van der Waals surface area (Å²) in [7, 11) is 1.69. The zero-order chi connectivity index (χ0) is 20.1. The fourth-order valence-electron chi connectivity index (χ4n) is 2.61. The summed E-state index contributed by atoms with van der Waals surface area (Å²) in [5, 5.41) is 0. The Labute approximate surface area is 172 Å². The minimum atomic E-state index is -0.185. The summed E-state index contributed by atoms with van der Waals surface area (Å²) in [6, 6.07) is 18.4. The zero-order valence-electron chi connectivity index (χ0n) is 15.6. The summed E-state index contributed by atoms with van der Waals surface area (Å²) in [4.78, 5) is 25.3. The van der Waals surface area contributed by atoms with Crippen molar-refractivity contribution in [1.29, 1.82) is 0 Å². The molecule has 0 fully saturated rings. The molecule has 0 bridgehead atoms. The highest BCUT2D eigenvalue weighted by Crippen LogP contribution is 2.24. The molecule has 6 heteroatoms. The Morgan fingerprint density at radius 3 is 2.54 bits per heavy atom. The van der Waals surface area contributed by atoms with Crippen LogP contribution in [0.25, 0.3) is 11.3 Å². The van der Waals surface area contributed by atoms with Gasteiger partial charge in [-0.25, -0.2) is 0 Å². The van der Waals surface area contributed by atoms with Crippen LogP contribution >= 0.6 is 15.9 Å². The highest BCUT2D eigenvalue weighted by atomic mass is 79.9. The number of hydrogen-bond donors (Lipinski definition) is 0. The molecule has 5 nitrogen and oxygen atoms in total. The lowest BCUT2D eigenvalue weighted by Gasteiger charge is -2.16. The number of nitrogens with zero attached hydrogens (tertiary/aromatic N) is 1. The molecule has 1 heterocycles. The molecule has 0 atom stereocenters. The second-order valence-electron chi connectivity index (χ2n) is 6.40. The van der Waals surface area contributed by atoms with E-state index in [9.17, 15) is 9.59 Å². The molecule has 0 N–H and O–H groups in total. The van der Waals surface area contributed by atoms with E-state index in [0.29, 0.717) is 23.6 Å². The van der Waals surface area contributed by atoms with Crippen molar-refractivity contribution >= 4 is 27.6 Å². The van der Waals surface area contributed by atoms with Crippen molar-refractivity contribution in [2.24, 2.45) is 0 Å². The van der Waals surface area contributed by atoms with Gasteiger partial charge >= 0.3 is 0 Å². The summed E-state index contributed by atoms with van der Waals surface area (Å²) < 4.78 is 12.4. The molecule has 0 radical (unpaired) electrons. The van der Waals surface area contributed by atoms with Crippen LogP contribution in [-0.2, 0) is 11.3 Å². The Morgan fingerprint density at radius 2 is 1.82 bits per heavy atom. The normalized spacial score (nSPS) is 10.5. The Kier molecular flexibility index (Phi) is 6.31. The number of ketones is 1. The molecule has 3 aromatic rings. The third-order valence-electron chi connectivity index (χ3n) is 4.21. The molecule has 0 spiro atoms. The minimum absolute atomic E-state index is 0.0479. The molecule has 0 aliphatic heterocycles. The first kappa shape index (κ1) is 19.9. The number of halogens is 1. The van der Waals surface area contributed by atoms with Gasteiger partial charge in [0, 0.05) is 22.6 Å². The van der Waals surface area contributed by atoms with Crippen LogP contribution in [0.15, 0.2) is 69.6 Å². The molecule has 28 heavy (non-hydrogen) atoms. The molecule has 1 amide bonds. The van der Waals surface area contributed by atoms with Crippen LogP contribution < -0.4 is 4.74 Å². The minimum Gasteiger partial charge on any atom is -0.484 e. The molecular formula is C22H20BrNO4. The smallest absolute Gasteiger partial charge is 0.260 e. The van der Waals surface area contributed by atoms with E-state index in [2.05, 4.69) is 15.9 Å². The maximum absolute atomic E-state index is 12.3. The molecule has 2 aromatic carbocycles. The fourth-order valence-corrected chi connectivity index (χ4v) is 2.88. The lowest BCUT2D eigenvalue weighted by atomic mass is 10.1. The van der Waals surface area contributed by atoms with Crippen molar-refractivity contribution in [2.45, 2.75) is 13.5 Å². The molecule has 0 saturated carbocycles. The standard InChI is InChI=1S/C22H20BrNO4/c1-15(25)17-4-3-5-19(12-17)27-14-22(26)24(2)13-20-10-11-21(28-20)16-6-8-18(23)9-7-16/h3-12H,13-14H2,1-2H3. The Hall–Kier alpha value is -2.86. The number of amides is 1. The number of ether oxygens (including phenoxy) is 1. The van der Waals surface area contributed by atoms with Gasteiger partial charge in [0.25, 0.3) is 5.91 Å².